The Morgan fingerprint density at radius 3 is 2.71 bits per heavy atom. The highest BCUT2D eigenvalue weighted by Gasteiger charge is 2.19. The molecular formula is C17H23N3O. The molecule has 0 saturated carbocycles. The van der Waals surface area contributed by atoms with Crippen LogP contribution in [-0.2, 0) is 24.9 Å². The highest BCUT2D eigenvalue weighted by molar-refractivity contribution is 5.15. The van der Waals surface area contributed by atoms with Crippen LogP contribution in [0.25, 0.3) is 0 Å². The van der Waals surface area contributed by atoms with E-state index in [0.29, 0.717) is 6.10 Å². The van der Waals surface area contributed by atoms with Crippen LogP contribution in [0.2, 0.25) is 0 Å². The number of hydrogen-bond acceptors (Lipinski definition) is 3. The van der Waals surface area contributed by atoms with E-state index in [1.165, 1.54) is 24.0 Å². The van der Waals surface area contributed by atoms with Crippen LogP contribution in [0.3, 0.4) is 0 Å². The standard InChI is InChI=1S/C17H23N3O/c1-19-11-16(10-18-19)13-20(14-17-8-5-9-21-17)12-15-6-3-2-4-7-15/h2-4,6-7,10-11,17H,5,8-9,12-14H2,1H3. The van der Waals surface area contributed by atoms with Gasteiger partial charge in [-0.1, -0.05) is 30.3 Å². The minimum absolute atomic E-state index is 0.380. The van der Waals surface area contributed by atoms with Crippen molar-refractivity contribution in [3.8, 4) is 0 Å². The van der Waals surface area contributed by atoms with Gasteiger partial charge in [-0.05, 0) is 18.4 Å². The first-order valence-electron chi connectivity index (χ1n) is 7.65. The van der Waals surface area contributed by atoms with Crippen LogP contribution in [0.4, 0.5) is 0 Å². The zero-order valence-electron chi connectivity index (χ0n) is 12.6. The van der Waals surface area contributed by atoms with E-state index in [2.05, 4.69) is 46.5 Å². The maximum atomic E-state index is 5.80. The van der Waals surface area contributed by atoms with Crippen molar-refractivity contribution in [2.75, 3.05) is 13.2 Å². The maximum absolute atomic E-state index is 5.80. The Kier molecular flexibility index (Phi) is 4.68. The number of benzene rings is 1. The number of nitrogens with zero attached hydrogens (tertiary/aromatic N) is 3. The summed E-state index contributed by atoms with van der Waals surface area (Å²) in [7, 11) is 1.96. The third-order valence-corrected chi connectivity index (χ3v) is 3.90. The van der Waals surface area contributed by atoms with Crippen molar-refractivity contribution in [2.45, 2.75) is 32.0 Å². The molecule has 21 heavy (non-hydrogen) atoms. The number of rotatable bonds is 6. The molecule has 0 spiro atoms. The summed E-state index contributed by atoms with van der Waals surface area (Å²) in [6.07, 6.45) is 6.79. The largest absolute Gasteiger partial charge is 0.377 e. The second-order valence-electron chi connectivity index (χ2n) is 5.81. The molecule has 3 rings (SSSR count). The summed E-state index contributed by atoms with van der Waals surface area (Å²) >= 11 is 0. The SMILES string of the molecule is Cn1cc(CN(Cc2ccccc2)CC2CCCO2)cn1. The smallest absolute Gasteiger partial charge is 0.0703 e. The molecule has 1 unspecified atom stereocenters. The summed E-state index contributed by atoms with van der Waals surface area (Å²) in [6, 6.07) is 10.6. The molecule has 1 saturated heterocycles. The third kappa shape index (κ3) is 4.16. The second-order valence-corrected chi connectivity index (χ2v) is 5.81. The fourth-order valence-corrected chi connectivity index (χ4v) is 2.91. The number of ether oxygens (including phenoxy) is 1. The van der Waals surface area contributed by atoms with Gasteiger partial charge in [-0.3, -0.25) is 9.58 Å². The van der Waals surface area contributed by atoms with Crippen LogP contribution < -0.4 is 0 Å². The molecule has 0 bridgehead atoms. The second kappa shape index (κ2) is 6.87. The predicted molar refractivity (Wildman–Crippen MR) is 82.7 cm³/mol. The molecule has 112 valence electrons. The van der Waals surface area contributed by atoms with Crippen molar-refractivity contribution in [2.24, 2.45) is 7.05 Å². The summed E-state index contributed by atoms with van der Waals surface area (Å²) in [5.74, 6) is 0. The highest BCUT2D eigenvalue weighted by Crippen LogP contribution is 2.17. The van der Waals surface area contributed by atoms with Crippen LogP contribution in [0.15, 0.2) is 42.7 Å². The lowest BCUT2D eigenvalue weighted by Crippen LogP contribution is -2.31. The molecule has 2 aromatic rings. The molecule has 1 fully saturated rings. The molecule has 4 heteroatoms. The third-order valence-electron chi connectivity index (χ3n) is 3.90. The Bertz CT molecular complexity index is 546. The van der Waals surface area contributed by atoms with E-state index in [1.54, 1.807) is 0 Å². The quantitative estimate of drug-likeness (QED) is 0.817. The van der Waals surface area contributed by atoms with Gasteiger partial charge in [0.25, 0.3) is 0 Å². The van der Waals surface area contributed by atoms with Crippen molar-refractivity contribution in [3.05, 3.63) is 53.9 Å². The van der Waals surface area contributed by atoms with Gasteiger partial charge in [-0.25, -0.2) is 0 Å². The Hall–Kier alpha value is -1.65. The van der Waals surface area contributed by atoms with Gasteiger partial charge < -0.3 is 4.74 Å². The summed E-state index contributed by atoms with van der Waals surface area (Å²) in [5, 5.41) is 4.27. The van der Waals surface area contributed by atoms with E-state index in [1.807, 2.05) is 17.9 Å². The maximum Gasteiger partial charge on any atom is 0.0703 e. The highest BCUT2D eigenvalue weighted by atomic mass is 16.5. The molecule has 0 amide bonds. The molecule has 4 nitrogen and oxygen atoms in total. The topological polar surface area (TPSA) is 30.3 Å². The predicted octanol–water partition coefficient (Wildman–Crippen LogP) is 2.60. The Morgan fingerprint density at radius 2 is 2.05 bits per heavy atom. The van der Waals surface area contributed by atoms with Gasteiger partial charge in [0.15, 0.2) is 0 Å². The fourth-order valence-electron chi connectivity index (χ4n) is 2.91. The van der Waals surface area contributed by atoms with Gasteiger partial charge in [-0.15, -0.1) is 0 Å². The van der Waals surface area contributed by atoms with Crippen molar-refractivity contribution < 1.29 is 4.74 Å². The van der Waals surface area contributed by atoms with Crippen molar-refractivity contribution in [1.82, 2.24) is 14.7 Å². The van der Waals surface area contributed by atoms with Crippen molar-refractivity contribution in [1.29, 1.82) is 0 Å². The molecule has 1 aliphatic rings. The summed E-state index contributed by atoms with van der Waals surface area (Å²) in [4.78, 5) is 2.46. The average Bonchev–Trinajstić information content (AvgIpc) is 3.12. The molecule has 1 aliphatic heterocycles. The van der Waals surface area contributed by atoms with E-state index in [-0.39, 0.29) is 0 Å². The monoisotopic (exact) mass is 285 g/mol. The molecule has 1 atom stereocenters. The molecule has 1 aromatic heterocycles. The van der Waals surface area contributed by atoms with E-state index in [4.69, 9.17) is 4.74 Å². The van der Waals surface area contributed by atoms with Gasteiger partial charge in [0, 0.05) is 45.0 Å². The van der Waals surface area contributed by atoms with Crippen LogP contribution in [0.1, 0.15) is 24.0 Å². The molecule has 0 N–H and O–H groups in total. The Balaban J connectivity index is 1.67. The lowest BCUT2D eigenvalue weighted by Gasteiger charge is -2.24. The normalized spacial score (nSPS) is 18.5. The zero-order valence-corrected chi connectivity index (χ0v) is 12.6. The van der Waals surface area contributed by atoms with Crippen LogP contribution in [-0.4, -0.2) is 33.9 Å². The van der Waals surface area contributed by atoms with Gasteiger partial charge in [0.05, 0.1) is 12.3 Å². The minimum Gasteiger partial charge on any atom is -0.377 e. The lowest BCUT2D eigenvalue weighted by atomic mass is 10.1. The number of aryl methyl sites for hydroxylation is 1. The Morgan fingerprint density at radius 1 is 1.24 bits per heavy atom. The molecule has 0 radical (unpaired) electrons. The van der Waals surface area contributed by atoms with Gasteiger partial charge in [0.1, 0.15) is 0 Å². The van der Waals surface area contributed by atoms with Crippen molar-refractivity contribution in [3.63, 3.8) is 0 Å². The number of aromatic nitrogens is 2. The fraction of sp³-hybridized carbons (Fsp3) is 0.471. The number of hydrogen-bond donors (Lipinski definition) is 0. The first-order chi connectivity index (χ1) is 10.3. The molecule has 1 aromatic carbocycles. The van der Waals surface area contributed by atoms with Gasteiger partial charge in [-0.2, -0.15) is 5.10 Å². The van der Waals surface area contributed by atoms with Gasteiger partial charge in [0.2, 0.25) is 0 Å². The summed E-state index contributed by atoms with van der Waals surface area (Å²) in [6.45, 7) is 3.78. The van der Waals surface area contributed by atoms with E-state index in [0.717, 1.165) is 26.2 Å². The Labute approximate surface area is 126 Å². The van der Waals surface area contributed by atoms with Crippen molar-refractivity contribution >= 4 is 0 Å². The van der Waals surface area contributed by atoms with Crippen LogP contribution in [0, 0.1) is 0 Å². The van der Waals surface area contributed by atoms with Crippen LogP contribution >= 0.6 is 0 Å². The van der Waals surface area contributed by atoms with E-state index >= 15 is 0 Å². The zero-order chi connectivity index (χ0) is 14.5. The van der Waals surface area contributed by atoms with E-state index in [9.17, 15) is 0 Å². The average molecular weight is 285 g/mol. The molecular weight excluding hydrogens is 262 g/mol. The first kappa shape index (κ1) is 14.3. The lowest BCUT2D eigenvalue weighted by molar-refractivity contribution is 0.0679. The van der Waals surface area contributed by atoms with Crippen LogP contribution in [0.5, 0.6) is 0 Å². The minimum atomic E-state index is 0.380. The first-order valence-corrected chi connectivity index (χ1v) is 7.65. The summed E-state index contributed by atoms with van der Waals surface area (Å²) in [5.41, 5.74) is 2.60. The molecule has 2 heterocycles. The summed E-state index contributed by atoms with van der Waals surface area (Å²) < 4.78 is 7.66. The van der Waals surface area contributed by atoms with E-state index < -0.39 is 0 Å². The molecule has 0 aliphatic carbocycles. The van der Waals surface area contributed by atoms with Gasteiger partial charge >= 0.3 is 0 Å².